The van der Waals surface area contributed by atoms with Crippen LogP contribution in [-0.2, 0) is 0 Å². The molecular weight excluding hydrogens is 280 g/mol. The summed E-state index contributed by atoms with van der Waals surface area (Å²) in [6.07, 6.45) is 0. The van der Waals surface area contributed by atoms with Crippen LogP contribution in [0.1, 0.15) is 5.69 Å². The van der Waals surface area contributed by atoms with Gasteiger partial charge in [0.15, 0.2) is 0 Å². The molecule has 0 aliphatic rings. The largest absolute Gasteiger partial charge is 0.481 e. The molecule has 3 rings (SSSR count). The second-order valence-corrected chi connectivity index (χ2v) is 4.75. The van der Waals surface area contributed by atoms with E-state index in [-0.39, 0.29) is 0 Å². The third-order valence-electron chi connectivity index (χ3n) is 3.23. The lowest BCUT2D eigenvalue weighted by molar-refractivity contribution is 0.366. The molecule has 3 heterocycles. The summed E-state index contributed by atoms with van der Waals surface area (Å²) in [7, 11) is 3.15. The van der Waals surface area contributed by atoms with Gasteiger partial charge in [-0.3, -0.25) is 5.10 Å². The van der Waals surface area contributed by atoms with E-state index in [0.717, 1.165) is 28.3 Å². The van der Waals surface area contributed by atoms with E-state index in [1.165, 1.54) is 0 Å². The number of methoxy groups -OCH3 is 2. The Bertz CT molecular complexity index is 798. The van der Waals surface area contributed by atoms with Crippen molar-refractivity contribution in [2.24, 2.45) is 0 Å². The third kappa shape index (κ3) is 2.63. The number of ether oxygens (including phenoxy) is 2. The topological polar surface area (TPSA) is 72.9 Å². The molecule has 3 aromatic rings. The first-order valence-corrected chi connectivity index (χ1v) is 6.80. The lowest BCUT2D eigenvalue weighted by Crippen LogP contribution is -1.96. The van der Waals surface area contributed by atoms with E-state index in [4.69, 9.17) is 9.47 Å². The van der Waals surface area contributed by atoms with Crippen LogP contribution in [-0.4, -0.2) is 34.4 Å². The van der Waals surface area contributed by atoms with E-state index in [1.54, 1.807) is 20.3 Å². The number of rotatable bonds is 4. The molecule has 112 valence electrons. The SMILES string of the molecule is COc1ccc(-c2cccc(-c3cc(C)[nH]n3)n2)c(OC)n1. The summed E-state index contributed by atoms with van der Waals surface area (Å²) in [5.41, 5.74) is 4.16. The molecule has 0 aliphatic carbocycles. The highest BCUT2D eigenvalue weighted by Gasteiger charge is 2.12. The van der Waals surface area contributed by atoms with Crippen molar-refractivity contribution in [1.29, 1.82) is 0 Å². The minimum Gasteiger partial charge on any atom is -0.481 e. The number of H-pyrrole nitrogens is 1. The van der Waals surface area contributed by atoms with Crippen LogP contribution in [0.25, 0.3) is 22.6 Å². The molecule has 0 amide bonds. The molecule has 22 heavy (non-hydrogen) atoms. The number of aromatic amines is 1. The maximum Gasteiger partial charge on any atom is 0.225 e. The predicted octanol–water partition coefficient (Wildman–Crippen LogP) is 2.86. The Morgan fingerprint density at radius 3 is 2.41 bits per heavy atom. The molecule has 0 spiro atoms. The fourth-order valence-electron chi connectivity index (χ4n) is 2.16. The number of aromatic nitrogens is 4. The first-order valence-electron chi connectivity index (χ1n) is 6.80. The fourth-order valence-corrected chi connectivity index (χ4v) is 2.16. The van der Waals surface area contributed by atoms with E-state index in [0.29, 0.717) is 11.8 Å². The molecule has 0 saturated carbocycles. The Balaban J connectivity index is 2.05. The summed E-state index contributed by atoms with van der Waals surface area (Å²) in [5.74, 6) is 0.974. The summed E-state index contributed by atoms with van der Waals surface area (Å²) in [5, 5.41) is 7.16. The van der Waals surface area contributed by atoms with Gasteiger partial charge in [0.1, 0.15) is 5.69 Å². The standard InChI is InChI=1S/C16H16N4O2/c1-10-9-14(20-19-10)13-6-4-5-12(17-13)11-7-8-15(21-2)18-16(11)22-3/h4-9H,1-3H3,(H,19,20). The minimum atomic E-state index is 0.474. The highest BCUT2D eigenvalue weighted by molar-refractivity contribution is 5.68. The molecule has 3 aromatic heterocycles. The summed E-state index contributed by atoms with van der Waals surface area (Å²) < 4.78 is 10.5. The molecule has 1 N–H and O–H groups in total. The molecule has 0 atom stereocenters. The minimum absolute atomic E-state index is 0.474. The fraction of sp³-hybridized carbons (Fsp3) is 0.188. The van der Waals surface area contributed by atoms with Crippen molar-refractivity contribution in [3.63, 3.8) is 0 Å². The van der Waals surface area contributed by atoms with E-state index in [9.17, 15) is 0 Å². The van der Waals surface area contributed by atoms with E-state index in [1.807, 2.05) is 37.3 Å². The van der Waals surface area contributed by atoms with E-state index < -0.39 is 0 Å². The molecule has 6 heteroatoms. The van der Waals surface area contributed by atoms with Crippen molar-refractivity contribution in [2.75, 3.05) is 14.2 Å². The lowest BCUT2D eigenvalue weighted by Gasteiger charge is -2.09. The zero-order chi connectivity index (χ0) is 15.5. The highest BCUT2D eigenvalue weighted by Crippen LogP contribution is 2.30. The molecule has 6 nitrogen and oxygen atoms in total. The van der Waals surface area contributed by atoms with Crippen LogP contribution >= 0.6 is 0 Å². The second kappa shape index (κ2) is 5.85. The quantitative estimate of drug-likeness (QED) is 0.801. The maximum absolute atomic E-state index is 5.34. The number of nitrogens with zero attached hydrogens (tertiary/aromatic N) is 3. The Kier molecular flexibility index (Phi) is 3.74. The molecule has 0 unspecified atom stereocenters. The maximum atomic E-state index is 5.34. The number of pyridine rings is 2. The lowest BCUT2D eigenvalue weighted by atomic mass is 10.1. The van der Waals surface area contributed by atoms with Gasteiger partial charge in [0, 0.05) is 11.8 Å². The van der Waals surface area contributed by atoms with Crippen LogP contribution in [0, 0.1) is 6.92 Å². The molecule has 0 saturated heterocycles. The first kappa shape index (κ1) is 14.1. The van der Waals surface area contributed by atoms with Gasteiger partial charge in [0.25, 0.3) is 0 Å². The first-order chi connectivity index (χ1) is 10.7. The molecule has 0 bridgehead atoms. The van der Waals surface area contributed by atoms with Gasteiger partial charge in [-0.1, -0.05) is 6.07 Å². The monoisotopic (exact) mass is 296 g/mol. The van der Waals surface area contributed by atoms with Gasteiger partial charge >= 0.3 is 0 Å². The van der Waals surface area contributed by atoms with Gasteiger partial charge in [-0.2, -0.15) is 10.1 Å². The average molecular weight is 296 g/mol. The Morgan fingerprint density at radius 2 is 1.73 bits per heavy atom. The van der Waals surface area contributed by atoms with Gasteiger partial charge < -0.3 is 9.47 Å². The zero-order valence-electron chi connectivity index (χ0n) is 12.6. The van der Waals surface area contributed by atoms with Gasteiger partial charge in [-0.25, -0.2) is 4.98 Å². The van der Waals surface area contributed by atoms with E-state index >= 15 is 0 Å². The highest BCUT2D eigenvalue weighted by atomic mass is 16.5. The summed E-state index contributed by atoms with van der Waals surface area (Å²) >= 11 is 0. The number of aryl methyl sites for hydroxylation is 1. The Labute approximate surface area is 128 Å². The number of nitrogens with one attached hydrogen (secondary N) is 1. The average Bonchev–Trinajstić information content (AvgIpc) is 3.01. The van der Waals surface area contributed by atoms with Crippen LogP contribution in [0.3, 0.4) is 0 Å². The van der Waals surface area contributed by atoms with Crippen molar-refractivity contribution < 1.29 is 9.47 Å². The van der Waals surface area contributed by atoms with Gasteiger partial charge in [0.2, 0.25) is 11.8 Å². The van der Waals surface area contributed by atoms with Crippen LogP contribution in [0.2, 0.25) is 0 Å². The normalized spacial score (nSPS) is 10.5. The molecule has 0 radical (unpaired) electrons. The van der Waals surface area contributed by atoms with Gasteiger partial charge in [-0.15, -0.1) is 0 Å². The van der Waals surface area contributed by atoms with Crippen LogP contribution in [0.5, 0.6) is 11.8 Å². The summed E-state index contributed by atoms with van der Waals surface area (Å²) in [6, 6.07) is 11.4. The third-order valence-corrected chi connectivity index (χ3v) is 3.23. The number of hydrogen-bond donors (Lipinski definition) is 1. The van der Waals surface area contributed by atoms with Crippen LogP contribution in [0.15, 0.2) is 36.4 Å². The molecule has 0 aromatic carbocycles. The molecule has 0 fully saturated rings. The molecular formula is C16H16N4O2. The van der Waals surface area contributed by atoms with Crippen molar-refractivity contribution in [3.05, 3.63) is 42.1 Å². The summed E-state index contributed by atoms with van der Waals surface area (Å²) in [4.78, 5) is 8.93. The summed E-state index contributed by atoms with van der Waals surface area (Å²) in [6.45, 7) is 1.96. The zero-order valence-corrected chi connectivity index (χ0v) is 12.6. The Morgan fingerprint density at radius 1 is 0.909 bits per heavy atom. The van der Waals surface area contributed by atoms with Gasteiger partial charge in [-0.05, 0) is 31.2 Å². The van der Waals surface area contributed by atoms with Gasteiger partial charge in [0.05, 0.1) is 31.2 Å². The smallest absolute Gasteiger partial charge is 0.225 e. The van der Waals surface area contributed by atoms with Crippen molar-refractivity contribution in [3.8, 4) is 34.4 Å². The van der Waals surface area contributed by atoms with Crippen LogP contribution < -0.4 is 9.47 Å². The predicted molar refractivity (Wildman–Crippen MR) is 82.9 cm³/mol. The Hall–Kier alpha value is -2.89. The van der Waals surface area contributed by atoms with Crippen molar-refractivity contribution in [2.45, 2.75) is 6.92 Å². The van der Waals surface area contributed by atoms with Crippen LogP contribution in [0.4, 0.5) is 0 Å². The van der Waals surface area contributed by atoms with E-state index in [2.05, 4.69) is 20.2 Å². The number of hydrogen-bond acceptors (Lipinski definition) is 5. The second-order valence-electron chi connectivity index (χ2n) is 4.75. The van der Waals surface area contributed by atoms with Crippen molar-refractivity contribution in [1.82, 2.24) is 20.2 Å². The van der Waals surface area contributed by atoms with Crippen molar-refractivity contribution >= 4 is 0 Å². The molecule has 0 aliphatic heterocycles.